The van der Waals surface area contributed by atoms with E-state index in [1.807, 2.05) is 13.8 Å². The van der Waals surface area contributed by atoms with Crippen LogP contribution in [-0.4, -0.2) is 35.8 Å². The summed E-state index contributed by atoms with van der Waals surface area (Å²) in [5.41, 5.74) is 0. The number of anilines is 2. The first-order valence-corrected chi connectivity index (χ1v) is 6.83. The van der Waals surface area contributed by atoms with Gasteiger partial charge in [-0.1, -0.05) is 13.8 Å². The van der Waals surface area contributed by atoms with E-state index >= 15 is 0 Å². The fraction of sp³-hybridized carbons (Fsp3) is 0.692. The Labute approximate surface area is 117 Å². The van der Waals surface area contributed by atoms with Gasteiger partial charge in [0.15, 0.2) is 0 Å². The maximum Gasteiger partial charge on any atom is 0.405 e. The summed E-state index contributed by atoms with van der Waals surface area (Å²) in [6, 6.07) is 1.57. The fourth-order valence-electron chi connectivity index (χ4n) is 1.72. The van der Waals surface area contributed by atoms with Gasteiger partial charge in [0, 0.05) is 25.6 Å². The Morgan fingerprint density at radius 2 is 1.90 bits per heavy atom. The summed E-state index contributed by atoms with van der Waals surface area (Å²) in [6.45, 7) is 5.54. The third-order valence-electron chi connectivity index (χ3n) is 2.71. The maximum absolute atomic E-state index is 12.6. The highest BCUT2D eigenvalue weighted by Crippen LogP contribution is 2.22. The smallest absolute Gasteiger partial charge is 0.370 e. The number of alkyl halides is 3. The second kappa shape index (κ2) is 7.31. The molecule has 1 N–H and O–H groups in total. The largest absolute Gasteiger partial charge is 0.405 e. The molecule has 7 heteroatoms. The average molecular weight is 290 g/mol. The van der Waals surface area contributed by atoms with Crippen molar-refractivity contribution >= 4 is 11.6 Å². The lowest BCUT2D eigenvalue weighted by Gasteiger charge is -2.24. The number of rotatable bonds is 7. The van der Waals surface area contributed by atoms with Crippen molar-refractivity contribution in [3.8, 4) is 0 Å². The molecule has 0 unspecified atom stereocenters. The van der Waals surface area contributed by atoms with E-state index in [-0.39, 0.29) is 6.54 Å². The highest BCUT2D eigenvalue weighted by molar-refractivity contribution is 5.49. The van der Waals surface area contributed by atoms with Crippen LogP contribution in [0.5, 0.6) is 0 Å². The zero-order valence-corrected chi connectivity index (χ0v) is 12.1. The van der Waals surface area contributed by atoms with Crippen molar-refractivity contribution < 1.29 is 13.2 Å². The van der Waals surface area contributed by atoms with Crippen LogP contribution in [0, 0.1) is 0 Å². The third-order valence-corrected chi connectivity index (χ3v) is 2.71. The molecule has 0 aromatic carbocycles. The zero-order chi connectivity index (χ0) is 15.2. The van der Waals surface area contributed by atoms with E-state index in [2.05, 4.69) is 15.3 Å². The van der Waals surface area contributed by atoms with Crippen molar-refractivity contribution in [1.29, 1.82) is 0 Å². The van der Waals surface area contributed by atoms with Gasteiger partial charge in [0.2, 0.25) is 0 Å². The van der Waals surface area contributed by atoms with E-state index in [1.54, 1.807) is 13.0 Å². The molecule has 0 aliphatic rings. The molecule has 0 atom stereocenters. The van der Waals surface area contributed by atoms with E-state index in [0.29, 0.717) is 23.9 Å². The molecular formula is C13H21F3N4. The average Bonchev–Trinajstić information content (AvgIpc) is 2.41. The summed E-state index contributed by atoms with van der Waals surface area (Å²) in [5.74, 6) is 1.44. The van der Waals surface area contributed by atoms with Gasteiger partial charge in [-0.3, -0.25) is 0 Å². The number of nitrogens with zero attached hydrogens (tertiary/aromatic N) is 3. The first-order valence-electron chi connectivity index (χ1n) is 6.83. The van der Waals surface area contributed by atoms with Gasteiger partial charge >= 0.3 is 6.18 Å². The molecule has 1 aromatic heterocycles. The summed E-state index contributed by atoms with van der Waals surface area (Å²) in [6.07, 6.45) is -2.75. The van der Waals surface area contributed by atoms with Gasteiger partial charge in [0.1, 0.15) is 24.0 Å². The lowest BCUT2D eigenvalue weighted by molar-refractivity contribution is -0.119. The maximum atomic E-state index is 12.6. The minimum Gasteiger partial charge on any atom is -0.370 e. The molecule has 0 aliphatic carbocycles. The number of aromatic nitrogens is 2. The molecule has 0 saturated carbocycles. The van der Waals surface area contributed by atoms with Gasteiger partial charge < -0.3 is 10.2 Å². The quantitative estimate of drug-likeness (QED) is 0.837. The second-order valence-electron chi connectivity index (χ2n) is 4.44. The molecule has 1 heterocycles. The van der Waals surface area contributed by atoms with E-state index in [0.717, 1.165) is 13.0 Å². The first kappa shape index (κ1) is 16.5. The predicted molar refractivity (Wildman–Crippen MR) is 74.1 cm³/mol. The Bertz CT molecular complexity index is 421. The summed E-state index contributed by atoms with van der Waals surface area (Å²) >= 11 is 0. The van der Waals surface area contributed by atoms with Crippen molar-refractivity contribution in [3.05, 3.63) is 11.9 Å². The first-order chi connectivity index (χ1) is 9.39. The van der Waals surface area contributed by atoms with E-state index in [9.17, 15) is 13.2 Å². The van der Waals surface area contributed by atoms with Gasteiger partial charge in [0.05, 0.1) is 0 Å². The molecule has 0 aliphatic heterocycles. The molecular weight excluding hydrogens is 269 g/mol. The molecule has 0 fully saturated rings. The van der Waals surface area contributed by atoms with Crippen LogP contribution in [0.25, 0.3) is 0 Å². The molecule has 0 spiro atoms. The normalized spacial score (nSPS) is 11.5. The third kappa shape index (κ3) is 5.22. The van der Waals surface area contributed by atoms with Crippen LogP contribution < -0.4 is 10.2 Å². The molecule has 0 radical (unpaired) electrons. The molecule has 1 aromatic rings. The Morgan fingerprint density at radius 3 is 2.40 bits per heavy atom. The van der Waals surface area contributed by atoms with Crippen molar-refractivity contribution in [3.63, 3.8) is 0 Å². The molecule has 0 bridgehead atoms. The monoisotopic (exact) mass is 290 g/mol. The number of halogens is 3. The SMILES string of the molecule is CCCNc1cc(N(CC)CC(F)(F)F)nc(CC)n1. The van der Waals surface area contributed by atoms with Crippen LogP contribution in [0.4, 0.5) is 24.8 Å². The van der Waals surface area contributed by atoms with Gasteiger partial charge in [-0.05, 0) is 13.3 Å². The lowest BCUT2D eigenvalue weighted by Crippen LogP contribution is -2.35. The van der Waals surface area contributed by atoms with Crippen LogP contribution >= 0.6 is 0 Å². The van der Waals surface area contributed by atoms with Gasteiger partial charge in [-0.2, -0.15) is 13.2 Å². The number of nitrogens with one attached hydrogen (secondary N) is 1. The zero-order valence-electron chi connectivity index (χ0n) is 12.1. The summed E-state index contributed by atoms with van der Waals surface area (Å²) < 4.78 is 37.7. The molecule has 4 nitrogen and oxygen atoms in total. The second-order valence-corrected chi connectivity index (χ2v) is 4.44. The predicted octanol–water partition coefficient (Wildman–Crippen LogP) is 3.25. The van der Waals surface area contributed by atoms with Crippen LogP contribution in [-0.2, 0) is 6.42 Å². The summed E-state index contributed by atoms with van der Waals surface area (Å²) in [7, 11) is 0. The van der Waals surface area contributed by atoms with Crippen LogP contribution in [0.3, 0.4) is 0 Å². The van der Waals surface area contributed by atoms with Gasteiger partial charge in [-0.25, -0.2) is 9.97 Å². The minimum atomic E-state index is -4.25. The fourth-order valence-corrected chi connectivity index (χ4v) is 1.72. The molecule has 114 valence electrons. The van der Waals surface area contributed by atoms with E-state index < -0.39 is 12.7 Å². The Morgan fingerprint density at radius 1 is 1.20 bits per heavy atom. The Balaban J connectivity index is 3.01. The lowest BCUT2D eigenvalue weighted by atomic mass is 10.3. The van der Waals surface area contributed by atoms with E-state index in [1.165, 1.54) is 4.90 Å². The van der Waals surface area contributed by atoms with Crippen LogP contribution in [0.1, 0.15) is 33.0 Å². The Kier molecular flexibility index (Phi) is 6.04. The highest BCUT2D eigenvalue weighted by atomic mass is 19.4. The van der Waals surface area contributed by atoms with Crippen molar-refractivity contribution in [2.75, 3.05) is 29.9 Å². The molecule has 20 heavy (non-hydrogen) atoms. The van der Waals surface area contributed by atoms with Gasteiger partial charge in [-0.15, -0.1) is 0 Å². The van der Waals surface area contributed by atoms with Gasteiger partial charge in [0.25, 0.3) is 0 Å². The Hall–Kier alpha value is -1.53. The highest BCUT2D eigenvalue weighted by Gasteiger charge is 2.31. The van der Waals surface area contributed by atoms with E-state index in [4.69, 9.17) is 0 Å². The van der Waals surface area contributed by atoms with Crippen molar-refractivity contribution in [2.24, 2.45) is 0 Å². The topological polar surface area (TPSA) is 41.0 Å². The molecule has 0 amide bonds. The van der Waals surface area contributed by atoms with Crippen molar-refractivity contribution in [1.82, 2.24) is 9.97 Å². The number of hydrogen-bond acceptors (Lipinski definition) is 4. The minimum absolute atomic E-state index is 0.243. The van der Waals surface area contributed by atoms with Crippen molar-refractivity contribution in [2.45, 2.75) is 39.8 Å². The standard InChI is InChI=1S/C13H21F3N4/c1-4-7-17-11-8-12(19-10(5-2)18-11)20(6-3)9-13(14,15)16/h8H,4-7,9H2,1-3H3,(H,17,18,19). The number of hydrogen-bond donors (Lipinski definition) is 1. The number of aryl methyl sites for hydroxylation is 1. The molecule has 0 saturated heterocycles. The van der Waals surface area contributed by atoms with Crippen LogP contribution in [0.15, 0.2) is 6.07 Å². The summed E-state index contributed by atoms with van der Waals surface area (Å²) in [5, 5.41) is 3.09. The summed E-state index contributed by atoms with van der Waals surface area (Å²) in [4.78, 5) is 9.67. The molecule has 1 rings (SSSR count). The van der Waals surface area contributed by atoms with Crippen LogP contribution in [0.2, 0.25) is 0 Å².